The first-order valence-electron chi connectivity index (χ1n) is 11.5. The largest absolute Gasteiger partial charge is 2.00 e. The van der Waals surface area contributed by atoms with Crippen LogP contribution in [0.25, 0.3) is 0 Å². The number of hydrogen-bond donors (Lipinski definition) is 0. The van der Waals surface area contributed by atoms with Gasteiger partial charge in [-0.15, -0.1) is 0 Å². The fraction of sp³-hybridized carbons (Fsp3) is 0.273. The van der Waals surface area contributed by atoms with Crippen LogP contribution in [0.2, 0.25) is 0 Å². The van der Waals surface area contributed by atoms with E-state index in [0.29, 0.717) is 0 Å². The smallest absolute Gasteiger partial charge is 0.356 e. The van der Waals surface area contributed by atoms with Crippen LogP contribution in [0.4, 0.5) is 0 Å². The molecule has 22 nitrogen and oxygen atoms in total. The van der Waals surface area contributed by atoms with Gasteiger partial charge in [0, 0.05) is 23.8 Å². The van der Waals surface area contributed by atoms with Crippen molar-refractivity contribution in [2.45, 2.75) is 40.8 Å². The summed E-state index contributed by atoms with van der Waals surface area (Å²) in [5, 5.41) is 67.8. The van der Waals surface area contributed by atoms with Gasteiger partial charge in [0.25, 0.3) is 0 Å². The standard InChI is InChI=1S/2C11H13N3.4NO3.2Zn/c2*1-9-7-10(2)14(13-9)8-11-5-3-4-6-12-11;4*2-1(3)4;;/h2*3-7H,8H2,1-2H3;;;;;;/q;;4*-1;2*+2. The van der Waals surface area contributed by atoms with Gasteiger partial charge >= 0.3 is 39.0 Å². The quantitative estimate of drug-likeness (QED) is 0.164. The Balaban J connectivity index is -0.000000257. The summed E-state index contributed by atoms with van der Waals surface area (Å²) in [6, 6.07) is 16.0. The van der Waals surface area contributed by atoms with E-state index in [4.69, 9.17) is 61.3 Å². The normalized spacial score (nSPS) is 8.43. The Kier molecular flexibility index (Phi) is 28.3. The first-order valence-corrected chi connectivity index (χ1v) is 11.5. The van der Waals surface area contributed by atoms with E-state index in [1.165, 1.54) is 11.4 Å². The molecular weight excluding hydrogens is 727 g/mol. The summed E-state index contributed by atoms with van der Waals surface area (Å²) < 4.78 is 3.94. The molecule has 0 aliphatic rings. The van der Waals surface area contributed by atoms with Crippen LogP contribution in [0.3, 0.4) is 0 Å². The van der Waals surface area contributed by atoms with Gasteiger partial charge in [-0.1, -0.05) is 12.1 Å². The minimum atomic E-state index is -1.75. The van der Waals surface area contributed by atoms with Gasteiger partial charge in [0.05, 0.1) is 56.2 Å². The Morgan fingerprint density at radius 2 is 0.804 bits per heavy atom. The molecule has 0 saturated heterocycles. The van der Waals surface area contributed by atoms with Gasteiger partial charge in [0.15, 0.2) is 0 Å². The van der Waals surface area contributed by atoms with Crippen LogP contribution in [-0.4, -0.2) is 49.9 Å². The average Bonchev–Trinajstić information content (AvgIpc) is 3.37. The van der Waals surface area contributed by atoms with Crippen molar-refractivity contribution in [3.8, 4) is 0 Å². The molecule has 0 unspecified atom stereocenters. The van der Waals surface area contributed by atoms with Crippen LogP contribution in [0.15, 0.2) is 60.9 Å². The fourth-order valence-corrected chi connectivity index (χ4v) is 2.96. The molecular formula is C22H26N10O12Zn2. The zero-order chi connectivity index (χ0) is 34.2. The summed E-state index contributed by atoms with van der Waals surface area (Å²) in [6.07, 6.45) is 3.61. The Morgan fingerprint density at radius 1 is 0.543 bits per heavy atom. The number of nitrogens with zero attached hydrogens (tertiary/aromatic N) is 10. The van der Waals surface area contributed by atoms with Crippen LogP contribution >= 0.6 is 0 Å². The molecule has 0 N–H and O–H groups in total. The summed E-state index contributed by atoms with van der Waals surface area (Å²) in [7, 11) is 0. The molecule has 0 fully saturated rings. The van der Waals surface area contributed by atoms with Gasteiger partial charge in [-0.25, -0.2) is 0 Å². The zero-order valence-corrected chi connectivity index (χ0v) is 30.9. The number of rotatable bonds is 4. The van der Waals surface area contributed by atoms with Crippen molar-refractivity contribution in [2.75, 3.05) is 0 Å². The molecule has 4 rings (SSSR count). The molecule has 0 saturated carbocycles. The van der Waals surface area contributed by atoms with Crippen molar-refractivity contribution in [1.29, 1.82) is 0 Å². The summed E-state index contributed by atoms with van der Waals surface area (Å²) in [4.78, 5) is 41.5. The SMILES string of the molecule is Cc1cc(C)n(Cc2ccccn2)n1.Cc1cc(C)n(Cc2ccccn2)n1.O=[N+]([O-])[O-].O=[N+]([O-])[O-].O=[N+]([O-])[O-].O=[N+]([O-])[O-].[Zn+2].[Zn+2]. The van der Waals surface area contributed by atoms with Crippen molar-refractivity contribution >= 4 is 0 Å². The number of aromatic nitrogens is 6. The van der Waals surface area contributed by atoms with E-state index in [-0.39, 0.29) is 39.0 Å². The first kappa shape index (κ1) is 47.7. The third-order valence-corrected chi connectivity index (χ3v) is 4.28. The molecule has 240 valence electrons. The van der Waals surface area contributed by atoms with Crippen LogP contribution < -0.4 is 0 Å². The van der Waals surface area contributed by atoms with Crippen LogP contribution in [0, 0.1) is 89.0 Å². The molecule has 0 aromatic carbocycles. The molecule has 0 radical (unpaired) electrons. The van der Waals surface area contributed by atoms with Gasteiger partial charge in [0.2, 0.25) is 0 Å². The molecule has 4 aromatic rings. The Bertz CT molecular complexity index is 1280. The molecule has 0 spiro atoms. The van der Waals surface area contributed by atoms with E-state index in [2.05, 4.69) is 46.1 Å². The number of pyridine rings is 2. The van der Waals surface area contributed by atoms with Gasteiger partial charge in [-0.3, -0.25) is 19.3 Å². The van der Waals surface area contributed by atoms with Crippen molar-refractivity contribution in [1.82, 2.24) is 29.5 Å². The van der Waals surface area contributed by atoms with E-state index in [1.54, 1.807) is 12.4 Å². The Hall–Kier alpha value is -5.23. The monoisotopic (exact) mass is 750 g/mol. The summed E-state index contributed by atoms with van der Waals surface area (Å²) in [5.74, 6) is 0. The van der Waals surface area contributed by atoms with E-state index in [1.807, 2.05) is 59.6 Å². The van der Waals surface area contributed by atoms with Crippen molar-refractivity contribution in [3.63, 3.8) is 0 Å². The summed E-state index contributed by atoms with van der Waals surface area (Å²) in [5.41, 5.74) is 6.54. The minimum absolute atomic E-state index is 0. The van der Waals surface area contributed by atoms with E-state index >= 15 is 0 Å². The van der Waals surface area contributed by atoms with Crippen LogP contribution in [-0.2, 0) is 52.0 Å². The van der Waals surface area contributed by atoms with Crippen molar-refractivity contribution < 1.29 is 59.3 Å². The van der Waals surface area contributed by atoms with Crippen molar-refractivity contribution in [3.05, 3.63) is 156 Å². The maximum atomic E-state index is 8.25. The Morgan fingerprint density at radius 3 is 0.978 bits per heavy atom. The number of aryl methyl sites for hydroxylation is 4. The minimum Gasteiger partial charge on any atom is -0.356 e. The van der Waals surface area contributed by atoms with E-state index in [9.17, 15) is 0 Å². The average molecular weight is 753 g/mol. The van der Waals surface area contributed by atoms with Gasteiger partial charge in [-0.2, -0.15) is 10.2 Å². The predicted molar refractivity (Wildman–Crippen MR) is 152 cm³/mol. The molecule has 46 heavy (non-hydrogen) atoms. The van der Waals surface area contributed by atoms with Crippen molar-refractivity contribution in [2.24, 2.45) is 0 Å². The molecule has 0 aliphatic heterocycles. The third-order valence-electron chi connectivity index (χ3n) is 4.28. The topological polar surface area (TPSA) is 326 Å². The van der Waals surface area contributed by atoms with E-state index < -0.39 is 20.3 Å². The second-order valence-corrected chi connectivity index (χ2v) is 7.71. The van der Waals surface area contributed by atoms with Gasteiger partial charge in [-0.05, 0) is 64.1 Å². The molecule has 0 atom stereocenters. The van der Waals surface area contributed by atoms with Gasteiger partial charge in [0.1, 0.15) is 0 Å². The molecule has 4 aromatic heterocycles. The first-order chi connectivity index (χ1) is 20.4. The third kappa shape index (κ3) is 30.2. The second-order valence-electron chi connectivity index (χ2n) is 7.71. The summed E-state index contributed by atoms with van der Waals surface area (Å²) in [6.45, 7) is 9.62. The van der Waals surface area contributed by atoms with Crippen LogP contribution in [0.5, 0.6) is 0 Å². The second kappa shape index (κ2) is 27.3. The predicted octanol–water partition coefficient (Wildman–Crippen LogP) is 2.93. The fourth-order valence-electron chi connectivity index (χ4n) is 2.96. The maximum absolute atomic E-state index is 8.25. The molecule has 0 bridgehead atoms. The van der Waals surface area contributed by atoms with Crippen LogP contribution in [0.1, 0.15) is 34.2 Å². The Labute approximate surface area is 285 Å². The maximum Gasteiger partial charge on any atom is 2.00 e. The number of hydrogen-bond acceptors (Lipinski definition) is 16. The molecule has 0 amide bonds. The summed E-state index contributed by atoms with van der Waals surface area (Å²) >= 11 is 0. The zero-order valence-electron chi connectivity index (χ0n) is 25.0. The molecule has 4 heterocycles. The molecule has 0 aliphatic carbocycles. The van der Waals surface area contributed by atoms with E-state index in [0.717, 1.165) is 35.9 Å². The molecule has 24 heteroatoms. The van der Waals surface area contributed by atoms with Gasteiger partial charge < -0.3 is 61.3 Å².